The standard InChI is InChI=1S/C9H7NO2/c11-9-2-1-7(5-10-9)8-3-4-12-6-8/h1-6H,(H,10,11). The van der Waals surface area contributed by atoms with Crippen molar-refractivity contribution < 1.29 is 4.42 Å². The topological polar surface area (TPSA) is 46.0 Å². The fraction of sp³-hybridized carbons (Fsp3) is 0. The fourth-order valence-corrected chi connectivity index (χ4v) is 1.02. The lowest BCUT2D eigenvalue weighted by Crippen LogP contribution is -2.00. The second kappa shape index (κ2) is 2.70. The summed E-state index contributed by atoms with van der Waals surface area (Å²) in [4.78, 5) is 13.3. The number of H-pyrrole nitrogens is 1. The lowest BCUT2D eigenvalue weighted by molar-refractivity contribution is 0.568. The van der Waals surface area contributed by atoms with Crippen molar-refractivity contribution in [3.8, 4) is 11.1 Å². The van der Waals surface area contributed by atoms with Crippen molar-refractivity contribution in [3.05, 3.63) is 47.3 Å². The third-order valence-electron chi connectivity index (χ3n) is 1.64. The van der Waals surface area contributed by atoms with E-state index in [9.17, 15) is 4.79 Å². The van der Waals surface area contributed by atoms with E-state index in [2.05, 4.69) is 4.98 Å². The van der Waals surface area contributed by atoms with E-state index in [1.54, 1.807) is 24.8 Å². The van der Waals surface area contributed by atoms with Gasteiger partial charge in [-0.15, -0.1) is 0 Å². The van der Waals surface area contributed by atoms with Crippen molar-refractivity contribution in [1.29, 1.82) is 0 Å². The molecule has 0 aliphatic heterocycles. The maximum absolute atomic E-state index is 10.7. The highest BCUT2D eigenvalue weighted by Gasteiger charge is 1.96. The maximum Gasteiger partial charge on any atom is 0.247 e. The van der Waals surface area contributed by atoms with Crippen LogP contribution in [0.25, 0.3) is 11.1 Å². The van der Waals surface area contributed by atoms with Crippen molar-refractivity contribution in [2.75, 3.05) is 0 Å². The molecular weight excluding hydrogens is 154 g/mol. The molecule has 3 nitrogen and oxygen atoms in total. The Balaban J connectivity index is 2.49. The molecule has 2 heterocycles. The first-order chi connectivity index (χ1) is 5.86. The third kappa shape index (κ3) is 1.16. The van der Waals surface area contributed by atoms with Crippen LogP contribution in [0, 0.1) is 0 Å². The molecule has 3 heteroatoms. The number of nitrogens with one attached hydrogen (secondary N) is 1. The van der Waals surface area contributed by atoms with Crippen molar-refractivity contribution in [3.63, 3.8) is 0 Å². The van der Waals surface area contributed by atoms with Gasteiger partial charge in [-0.2, -0.15) is 0 Å². The zero-order chi connectivity index (χ0) is 8.39. The van der Waals surface area contributed by atoms with Crippen LogP contribution in [0.1, 0.15) is 0 Å². The smallest absolute Gasteiger partial charge is 0.247 e. The van der Waals surface area contributed by atoms with Gasteiger partial charge in [0, 0.05) is 23.4 Å². The minimum atomic E-state index is -0.0951. The Labute approximate surface area is 68.7 Å². The van der Waals surface area contributed by atoms with Crippen molar-refractivity contribution in [1.82, 2.24) is 4.98 Å². The number of hydrogen-bond donors (Lipinski definition) is 1. The van der Waals surface area contributed by atoms with Gasteiger partial charge in [0.05, 0.1) is 12.5 Å². The summed E-state index contributed by atoms with van der Waals surface area (Å²) >= 11 is 0. The maximum atomic E-state index is 10.7. The van der Waals surface area contributed by atoms with E-state index in [0.29, 0.717) is 0 Å². The predicted octanol–water partition coefficient (Wildman–Crippen LogP) is 1.63. The summed E-state index contributed by atoms with van der Waals surface area (Å²) in [6, 6.07) is 5.08. The number of aromatic nitrogens is 1. The minimum absolute atomic E-state index is 0.0951. The molecule has 0 aliphatic carbocycles. The number of hydrogen-bond acceptors (Lipinski definition) is 2. The van der Waals surface area contributed by atoms with E-state index < -0.39 is 0 Å². The van der Waals surface area contributed by atoms with E-state index >= 15 is 0 Å². The average molecular weight is 161 g/mol. The van der Waals surface area contributed by atoms with Crippen molar-refractivity contribution >= 4 is 0 Å². The Morgan fingerprint density at radius 3 is 2.67 bits per heavy atom. The zero-order valence-electron chi connectivity index (χ0n) is 6.28. The first-order valence-corrected chi connectivity index (χ1v) is 3.57. The summed E-state index contributed by atoms with van der Waals surface area (Å²) < 4.78 is 4.91. The molecule has 0 atom stereocenters. The molecule has 2 aromatic rings. The Hall–Kier alpha value is -1.77. The van der Waals surface area contributed by atoms with Gasteiger partial charge in [-0.1, -0.05) is 0 Å². The summed E-state index contributed by atoms with van der Waals surface area (Å²) in [6.45, 7) is 0. The molecule has 2 rings (SSSR count). The number of aromatic amines is 1. The van der Waals surface area contributed by atoms with E-state index in [4.69, 9.17) is 4.42 Å². The Morgan fingerprint density at radius 1 is 1.17 bits per heavy atom. The first-order valence-electron chi connectivity index (χ1n) is 3.57. The summed E-state index contributed by atoms with van der Waals surface area (Å²) in [6.07, 6.45) is 4.89. The van der Waals surface area contributed by atoms with Crippen LogP contribution < -0.4 is 5.56 Å². The predicted molar refractivity (Wildman–Crippen MR) is 44.8 cm³/mol. The van der Waals surface area contributed by atoms with Crippen LogP contribution in [-0.2, 0) is 0 Å². The highest BCUT2D eigenvalue weighted by atomic mass is 16.3. The molecule has 0 saturated carbocycles. The van der Waals surface area contributed by atoms with Gasteiger partial charge in [0.1, 0.15) is 0 Å². The average Bonchev–Trinajstić information content (AvgIpc) is 2.58. The molecule has 1 N–H and O–H groups in total. The molecule has 0 amide bonds. The van der Waals surface area contributed by atoms with Crippen LogP contribution in [0.4, 0.5) is 0 Å². The van der Waals surface area contributed by atoms with Gasteiger partial charge in [-0.05, 0) is 12.1 Å². The monoisotopic (exact) mass is 161 g/mol. The Kier molecular flexibility index (Phi) is 1.55. The van der Waals surface area contributed by atoms with Gasteiger partial charge in [0.25, 0.3) is 0 Å². The summed E-state index contributed by atoms with van der Waals surface area (Å²) in [5.41, 5.74) is 1.82. The van der Waals surface area contributed by atoms with E-state index in [1.165, 1.54) is 6.07 Å². The van der Waals surface area contributed by atoms with Crippen LogP contribution in [0.3, 0.4) is 0 Å². The molecule has 0 aromatic carbocycles. The van der Waals surface area contributed by atoms with Crippen LogP contribution in [0.5, 0.6) is 0 Å². The lowest BCUT2D eigenvalue weighted by atomic mass is 10.2. The third-order valence-corrected chi connectivity index (χ3v) is 1.64. The van der Waals surface area contributed by atoms with Gasteiger partial charge in [0.2, 0.25) is 5.56 Å². The summed E-state index contributed by atoms with van der Waals surface area (Å²) in [7, 11) is 0. The van der Waals surface area contributed by atoms with Crippen molar-refractivity contribution in [2.45, 2.75) is 0 Å². The second-order valence-corrected chi connectivity index (χ2v) is 2.45. The number of furan rings is 1. The SMILES string of the molecule is O=c1ccc(-c2ccoc2)c[nH]1. The molecule has 0 saturated heterocycles. The summed E-state index contributed by atoms with van der Waals surface area (Å²) in [5.74, 6) is 0. The molecular formula is C9H7NO2. The molecule has 2 aromatic heterocycles. The number of pyridine rings is 1. The van der Waals surface area contributed by atoms with E-state index in [-0.39, 0.29) is 5.56 Å². The fourth-order valence-electron chi connectivity index (χ4n) is 1.02. The molecule has 0 spiro atoms. The zero-order valence-corrected chi connectivity index (χ0v) is 6.28. The highest BCUT2D eigenvalue weighted by molar-refractivity contribution is 5.60. The van der Waals surface area contributed by atoms with Gasteiger partial charge in [0.15, 0.2) is 0 Å². The van der Waals surface area contributed by atoms with Gasteiger partial charge in [-0.3, -0.25) is 4.79 Å². The molecule has 0 bridgehead atoms. The first kappa shape index (κ1) is 6.91. The van der Waals surface area contributed by atoms with Gasteiger partial charge >= 0.3 is 0 Å². The number of rotatable bonds is 1. The van der Waals surface area contributed by atoms with Crippen LogP contribution in [-0.4, -0.2) is 4.98 Å². The van der Waals surface area contributed by atoms with Crippen LogP contribution in [0.15, 0.2) is 46.1 Å². The highest BCUT2D eigenvalue weighted by Crippen LogP contribution is 2.16. The summed E-state index contributed by atoms with van der Waals surface area (Å²) in [5, 5.41) is 0. The Bertz CT molecular complexity index is 394. The molecule has 60 valence electrons. The second-order valence-electron chi connectivity index (χ2n) is 2.45. The lowest BCUT2D eigenvalue weighted by Gasteiger charge is -1.92. The normalized spacial score (nSPS) is 10.0. The van der Waals surface area contributed by atoms with E-state index in [0.717, 1.165) is 11.1 Å². The Morgan fingerprint density at radius 2 is 2.08 bits per heavy atom. The van der Waals surface area contributed by atoms with Gasteiger partial charge in [-0.25, -0.2) is 0 Å². The molecule has 0 radical (unpaired) electrons. The molecule has 12 heavy (non-hydrogen) atoms. The molecule has 0 aliphatic rings. The van der Waals surface area contributed by atoms with E-state index in [1.807, 2.05) is 6.07 Å². The minimum Gasteiger partial charge on any atom is -0.472 e. The quantitative estimate of drug-likeness (QED) is 0.691. The molecule has 0 fully saturated rings. The molecule has 0 unspecified atom stereocenters. The van der Waals surface area contributed by atoms with Crippen molar-refractivity contribution in [2.24, 2.45) is 0 Å². The van der Waals surface area contributed by atoms with Crippen LogP contribution >= 0.6 is 0 Å². The largest absolute Gasteiger partial charge is 0.472 e. The van der Waals surface area contributed by atoms with Gasteiger partial charge < -0.3 is 9.40 Å². The van der Waals surface area contributed by atoms with Crippen LogP contribution in [0.2, 0.25) is 0 Å².